The van der Waals surface area contributed by atoms with Gasteiger partial charge in [-0.2, -0.15) is 5.10 Å². The summed E-state index contributed by atoms with van der Waals surface area (Å²) < 4.78 is 39.7. The number of aryl methyl sites for hydroxylation is 3. The van der Waals surface area contributed by atoms with Crippen LogP contribution in [0.1, 0.15) is 33.2 Å². The van der Waals surface area contributed by atoms with Gasteiger partial charge in [-0.05, 0) is 32.3 Å². The van der Waals surface area contributed by atoms with E-state index in [1.807, 2.05) is 24.1 Å². The fraction of sp³-hybridized carbons (Fsp3) is 0.476. The van der Waals surface area contributed by atoms with Crippen LogP contribution in [0.15, 0.2) is 17.8 Å². The maximum atomic E-state index is 14.5. The summed E-state index contributed by atoms with van der Waals surface area (Å²) in [6, 6.07) is 0. The third-order valence-corrected chi connectivity index (χ3v) is 6.38. The Labute approximate surface area is 189 Å². The van der Waals surface area contributed by atoms with Gasteiger partial charge in [-0.3, -0.25) is 9.48 Å². The van der Waals surface area contributed by atoms with Gasteiger partial charge in [-0.1, -0.05) is 0 Å². The molecule has 31 heavy (non-hydrogen) atoms. The van der Waals surface area contributed by atoms with Crippen molar-refractivity contribution in [2.75, 3.05) is 25.0 Å². The smallest absolute Gasteiger partial charge is 0.226 e. The van der Waals surface area contributed by atoms with E-state index >= 15 is 0 Å². The summed E-state index contributed by atoms with van der Waals surface area (Å²) >= 11 is 1.34. The second-order valence-electron chi connectivity index (χ2n) is 7.73. The molecule has 0 radical (unpaired) electrons. The molecule has 0 aliphatic carbocycles. The van der Waals surface area contributed by atoms with Gasteiger partial charge in [0.25, 0.3) is 0 Å². The normalized spacial score (nSPS) is 16.6. The van der Waals surface area contributed by atoms with Crippen molar-refractivity contribution >= 4 is 23.2 Å². The highest BCUT2D eigenvalue weighted by atomic mass is 32.1. The lowest BCUT2D eigenvalue weighted by molar-refractivity contribution is -0.135. The number of halogens is 1. The van der Waals surface area contributed by atoms with E-state index in [9.17, 15) is 9.18 Å². The SMILES string of the molecule is [2H]C([2H])([2H])N(Cc1nc(C)cs1)C(=O)C1CCN(c2ncc(F)c(-c3c(C)cnn3C)n2)CC1. The molecule has 3 aromatic rings. The van der Waals surface area contributed by atoms with Crippen molar-refractivity contribution in [1.82, 2.24) is 29.6 Å². The molecule has 0 saturated carbocycles. The zero-order chi connectivity index (χ0) is 24.6. The number of nitrogens with zero attached hydrogens (tertiary/aromatic N) is 7. The molecule has 1 fully saturated rings. The minimum absolute atomic E-state index is 0.0391. The van der Waals surface area contributed by atoms with Gasteiger partial charge in [0.1, 0.15) is 10.7 Å². The van der Waals surface area contributed by atoms with Crippen LogP contribution < -0.4 is 4.90 Å². The van der Waals surface area contributed by atoms with Crippen LogP contribution in [0.25, 0.3) is 11.4 Å². The second kappa shape index (κ2) is 8.70. The topological polar surface area (TPSA) is 80.0 Å². The van der Waals surface area contributed by atoms with Crippen molar-refractivity contribution in [3.05, 3.63) is 39.9 Å². The number of thiazole rings is 1. The standard InChI is InChI=1S/C21H26FN7OS/c1-13-9-24-28(4)19(13)18-16(22)10-23-21(26-18)29-7-5-15(6-8-29)20(30)27(3)11-17-25-14(2)12-31-17/h9-10,12,15H,5-8,11H2,1-4H3/i3D3. The molecule has 0 unspecified atom stereocenters. The zero-order valence-electron chi connectivity index (χ0n) is 20.7. The van der Waals surface area contributed by atoms with E-state index in [0.717, 1.165) is 22.4 Å². The molecular weight excluding hydrogens is 417 g/mol. The molecule has 1 aliphatic rings. The molecule has 0 bridgehead atoms. The van der Waals surface area contributed by atoms with E-state index in [-0.39, 0.29) is 12.2 Å². The Kier molecular flexibility index (Phi) is 4.99. The average molecular weight is 447 g/mol. The number of rotatable bonds is 5. The summed E-state index contributed by atoms with van der Waals surface area (Å²) in [4.78, 5) is 28.9. The summed E-state index contributed by atoms with van der Waals surface area (Å²) in [6.45, 7) is 1.99. The van der Waals surface area contributed by atoms with Crippen molar-refractivity contribution < 1.29 is 13.3 Å². The highest BCUT2D eigenvalue weighted by molar-refractivity contribution is 7.09. The highest BCUT2D eigenvalue weighted by Gasteiger charge is 2.29. The molecule has 0 atom stereocenters. The first-order chi connectivity index (χ1) is 16.0. The predicted molar refractivity (Wildman–Crippen MR) is 117 cm³/mol. The molecule has 0 aromatic carbocycles. The minimum Gasteiger partial charge on any atom is -0.341 e. The summed E-state index contributed by atoms with van der Waals surface area (Å²) in [5.41, 5.74) is 2.35. The van der Waals surface area contributed by atoms with Gasteiger partial charge in [0.05, 0.1) is 24.6 Å². The Morgan fingerprint density at radius 3 is 2.71 bits per heavy atom. The van der Waals surface area contributed by atoms with Crippen LogP contribution in [-0.4, -0.2) is 55.6 Å². The van der Waals surface area contributed by atoms with Crippen LogP contribution in [0.4, 0.5) is 10.3 Å². The number of anilines is 1. The van der Waals surface area contributed by atoms with Crippen molar-refractivity contribution in [3.8, 4) is 11.4 Å². The average Bonchev–Trinajstić information content (AvgIpc) is 3.35. The van der Waals surface area contributed by atoms with E-state index in [0.29, 0.717) is 42.6 Å². The number of amides is 1. The summed E-state index contributed by atoms with van der Waals surface area (Å²) in [6.07, 6.45) is 3.69. The third-order valence-electron chi connectivity index (χ3n) is 5.43. The van der Waals surface area contributed by atoms with Crippen LogP contribution in [0.5, 0.6) is 0 Å². The molecule has 8 nitrogen and oxygen atoms in total. The van der Waals surface area contributed by atoms with Gasteiger partial charge in [0.2, 0.25) is 11.9 Å². The molecule has 4 heterocycles. The molecule has 0 N–H and O–H groups in total. The van der Waals surface area contributed by atoms with E-state index in [1.165, 1.54) is 11.3 Å². The van der Waals surface area contributed by atoms with E-state index < -0.39 is 24.6 Å². The van der Waals surface area contributed by atoms with Crippen molar-refractivity contribution in [2.24, 2.45) is 13.0 Å². The molecule has 164 valence electrons. The predicted octanol–water partition coefficient (Wildman–Crippen LogP) is 2.96. The van der Waals surface area contributed by atoms with Gasteiger partial charge >= 0.3 is 0 Å². The molecule has 0 spiro atoms. The number of carbonyl (C=O) groups is 1. The first-order valence-electron chi connectivity index (χ1n) is 11.5. The lowest BCUT2D eigenvalue weighted by Crippen LogP contribution is -2.41. The quantitative estimate of drug-likeness (QED) is 0.600. The Morgan fingerprint density at radius 2 is 2.10 bits per heavy atom. The van der Waals surface area contributed by atoms with Gasteiger partial charge in [0.15, 0.2) is 5.82 Å². The molecular formula is C21H26FN7OS. The number of aromatic nitrogens is 5. The Bertz CT molecular complexity index is 1170. The summed E-state index contributed by atoms with van der Waals surface area (Å²) in [5.74, 6) is -1.00. The molecule has 3 aromatic heterocycles. The van der Waals surface area contributed by atoms with Gasteiger partial charge in [0, 0.05) is 48.2 Å². The molecule has 1 aliphatic heterocycles. The zero-order valence-corrected chi connectivity index (χ0v) is 18.5. The number of piperidine rings is 1. The van der Waals surface area contributed by atoms with E-state index in [4.69, 9.17) is 4.11 Å². The Hall–Kier alpha value is -2.88. The number of hydrogen-bond acceptors (Lipinski definition) is 7. The minimum atomic E-state index is -2.55. The Balaban J connectivity index is 1.47. The van der Waals surface area contributed by atoms with Gasteiger partial charge in [-0.15, -0.1) is 11.3 Å². The van der Waals surface area contributed by atoms with Crippen molar-refractivity contribution in [3.63, 3.8) is 0 Å². The third kappa shape index (κ3) is 4.43. The Morgan fingerprint density at radius 1 is 1.32 bits per heavy atom. The number of hydrogen-bond donors (Lipinski definition) is 0. The maximum Gasteiger partial charge on any atom is 0.226 e. The molecule has 10 heteroatoms. The van der Waals surface area contributed by atoms with Crippen LogP contribution >= 0.6 is 11.3 Å². The van der Waals surface area contributed by atoms with Gasteiger partial charge in [-0.25, -0.2) is 19.3 Å². The summed E-state index contributed by atoms with van der Waals surface area (Å²) in [7, 11) is 1.73. The first kappa shape index (κ1) is 17.8. The van der Waals surface area contributed by atoms with Crippen LogP contribution in [0, 0.1) is 25.6 Å². The van der Waals surface area contributed by atoms with E-state index in [2.05, 4.69) is 20.1 Å². The van der Waals surface area contributed by atoms with Crippen molar-refractivity contribution in [1.29, 1.82) is 0 Å². The first-order valence-corrected chi connectivity index (χ1v) is 10.9. The maximum absolute atomic E-state index is 14.5. The lowest BCUT2D eigenvalue weighted by Gasteiger charge is -2.33. The number of carbonyl (C=O) groups excluding carboxylic acids is 1. The fourth-order valence-corrected chi connectivity index (χ4v) is 4.56. The molecule has 4 rings (SSSR count). The monoisotopic (exact) mass is 446 g/mol. The highest BCUT2D eigenvalue weighted by Crippen LogP contribution is 2.27. The van der Waals surface area contributed by atoms with Crippen LogP contribution in [-0.2, 0) is 18.4 Å². The fourth-order valence-electron chi connectivity index (χ4n) is 3.80. The molecule has 1 amide bonds. The second-order valence-corrected chi connectivity index (χ2v) is 8.68. The lowest BCUT2D eigenvalue weighted by atomic mass is 9.95. The van der Waals surface area contributed by atoms with E-state index in [1.54, 1.807) is 17.9 Å². The summed E-state index contributed by atoms with van der Waals surface area (Å²) in [5, 5.41) is 6.58. The van der Waals surface area contributed by atoms with Crippen LogP contribution in [0.2, 0.25) is 0 Å². The van der Waals surface area contributed by atoms with Crippen LogP contribution in [0.3, 0.4) is 0 Å². The van der Waals surface area contributed by atoms with Gasteiger partial charge < -0.3 is 9.80 Å². The molecule has 1 saturated heterocycles. The van der Waals surface area contributed by atoms with Crippen molar-refractivity contribution in [2.45, 2.75) is 33.2 Å². The largest absolute Gasteiger partial charge is 0.341 e.